The number of aliphatic hydroxyl groups excluding tert-OH is 1. The number of ether oxygens (including phenoxy) is 5. The number of amides is 4. The number of aromatic hydroxyl groups is 1. The number of phenols is 1. The van der Waals surface area contributed by atoms with Crippen LogP contribution in [0.15, 0.2) is 60.1 Å². The fourth-order valence-corrected chi connectivity index (χ4v) is 10.1. The summed E-state index contributed by atoms with van der Waals surface area (Å²) in [5.41, 5.74) is 11.1. The van der Waals surface area contributed by atoms with Crippen molar-refractivity contribution in [3.05, 3.63) is 71.4 Å². The lowest BCUT2D eigenvalue weighted by Gasteiger charge is -2.70. The molecule has 7 N–H and O–H groups in total. The summed E-state index contributed by atoms with van der Waals surface area (Å²) in [6, 6.07) is 14.5. The average Bonchev–Trinajstić information content (AvgIpc) is 3.92. The standard InChI is InChI=1S/C49H64N8O11S/c1-31-42(69-30-53-31)33-11-9-32(10-12-33)21-51-45(62)37-19-34(58)22-57(37)46(63)43(47(2,3)4)54-41(61)24-67-18-16-65-14-13-64-15-17-66-23-40(60)52-28-48-25-49(26-48,27-48)29-68-39-20-36(55-56-44(39)50)35-7-5-6-8-38(35)59/h5-12,20,30,34,37,43,58-59H,13-19,21-29H2,1-4H3,(H2,50,56)(H,51,62)(H,52,60)(H,54,61)/t34-,37+,43-,48?,49?/m1/s1. The Bertz CT molecular complexity index is 2390. The third-order valence-corrected chi connectivity index (χ3v) is 13.7. The summed E-state index contributed by atoms with van der Waals surface area (Å²) < 4.78 is 28.1. The van der Waals surface area contributed by atoms with Crippen LogP contribution in [0.4, 0.5) is 5.82 Å². The maximum atomic E-state index is 13.9. The van der Waals surface area contributed by atoms with Crippen LogP contribution < -0.4 is 26.4 Å². The quantitative estimate of drug-likeness (QED) is 0.0521. The zero-order valence-electron chi connectivity index (χ0n) is 39.7. The van der Waals surface area contributed by atoms with E-state index in [9.17, 15) is 29.4 Å². The molecule has 4 aliphatic rings. The lowest BCUT2D eigenvalue weighted by molar-refractivity contribution is -0.215. The minimum atomic E-state index is -0.978. The minimum Gasteiger partial charge on any atom is -0.507 e. The van der Waals surface area contributed by atoms with Gasteiger partial charge in [0.05, 0.1) is 68.4 Å². The summed E-state index contributed by atoms with van der Waals surface area (Å²) >= 11 is 1.57. The molecule has 4 aromatic rings. The number of aryl methyl sites for hydroxylation is 1. The van der Waals surface area contributed by atoms with E-state index < -0.39 is 35.4 Å². The molecule has 8 rings (SSSR count). The van der Waals surface area contributed by atoms with Crippen LogP contribution in [0.25, 0.3) is 21.7 Å². The Balaban J connectivity index is 0.700. The van der Waals surface area contributed by atoms with Crippen LogP contribution in [0.2, 0.25) is 0 Å². The molecule has 2 aromatic carbocycles. The summed E-state index contributed by atoms with van der Waals surface area (Å²) in [6.45, 7) is 9.76. The summed E-state index contributed by atoms with van der Waals surface area (Å²) in [6.07, 6.45) is 2.02. The third-order valence-electron chi connectivity index (χ3n) is 12.7. The molecule has 0 spiro atoms. The van der Waals surface area contributed by atoms with Gasteiger partial charge in [0.15, 0.2) is 11.6 Å². The normalized spacial score (nSPS) is 20.9. The number of nitrogens with two attached hydrogens (primary N) is 1. The van der Waals surface area contributed by atoms with Gasteiger partial charge in [-0.3, -0.25) is 19.2 Å². The molecule has 1 aliphatic heterocycles. The van der Waals surface area contributed by atoms with Crippen LogP contribution in [0.1, 0.15) is 57.7 Å². The van der Waals surface area contributed by atoms with Crippen LogP contribution in [-0.2, 0) is 44.7 Å². The smallest absolute Gasteiger partial charge is 0.246 e. The molecule has 3 aliphatic carbocycles. The maximum absolute atomic E-state index is 13.9. The second-order valence-electron chi connectivity index (χ2n) is 19.4. The van der Waals surface area contributed by atoms with Gasteiger partial charge in [0.2, 0.25) is 23.6 Å². The van der Waals surface area contributed by atoms with E-state index in [1.807, 2.05) is 52.0 Å². The largest absolute Gasteiger partial charge is 0.507 e. The first-order valence-corrected chi connectivity index (χ1v) is 24.1. The highest BCUT2D eigenvalue weighted by Gasteiger charge is 2.67. The number of hydrogen-bond acceptors (Lipinski definition) is 16. The van der Waals surface area contributed by atoms with E-state index in [-0.39, 0.29) is 100.0 Å². The molecule has 0 radical (unpaired) electrons. The molecular weight excluding hydrogens is 909 g/mol. The van der Waals surface area contributed by atoms with Gasteiger partial charge in [-0.05, 0) is 60.3 Å². The lowest BCUT2D eigenvalue weighted by Crippen LogP contribution is -2.67. The number of para-hydroxylation sites is 1. The van der Waals surface area contributed by atoms with Crippen LogP contribution in [-0.4, -0.2) is 145 Å². The number of β-amino-alcohol motifs (C(OH)–C–C–N with tert-alkyl or cyclic N) is 1. The minimum absolute atomic E-state index is 0.0263. The van der Waals surface area contributed by atoms with E-state index in [0.29, 0.717) is 36.8 Å². The van der Waals surface area contributed by atoms with Crippen molar-refractivity contribution in [2.75, 3.05) is 78.3 Å². The second-order valence-corrected chi connectivity index (χ2v) is 20.2. The van der Waals surface area contributed by atoms with Crippen LogP contribution in [0.5, 0.6) is 11.5 Å². The van der Waals surface area contributed by atoms with Crippen molar-refractivity contribution < 1.29 is 53.1 Å². The van der Waals surface area contributed by atoms with Gasteiger partial charge in [0, 0.05) is 43.1 Å². The maximum Gasteiger partial charge on any atom is 0.246 e. The number of thiazole rings is 1. The Morgan fingerprint density at radius 1 is 0.884 bits per heavy atom. The van der Waals surface area contributed by atoms with Gasteiger partial charge >= 0.3 is 0 Å². The number of rotatable bonds is 25. The molecule has 19 nitrogen and oxygen atoms in total. The number of nitrogens with zero attached hydrogens (tertiary/aromatic N) is 4. The van der Waals surface area contributed by atoms with Crippen molar-refractivity contribution in [1.29, 1.82) is 0 Å². The Labute approximate surface area is 405 Å². The van der Waals surface area contributed by atoms with E-state index in [0.717, 1.165) is 41.0 Å². The number of nitrogen functional groups attached to an aromatic ring is 1. The molecule has 1 saturated heterocycles. The Kier molecular flexibility index (Phi) is 16.9. The molecule has 372 valence electrons. The average molecular weight is 973 g/mol. The Morgan fingerprint density at radius 2 is 1.54 bits per heavy atom. The molecule has 3 atom stereocenters. The number of anilines is 1. The van der Waals surface area contributed by atoms with E-state index >= 15 is 0 Å². The highest BCUT2D eigenvalue weighted by atomic mass is 32.1. The van der Waals surface area contributed by atoms with E-state index in [1.54, 1.807) is 47.2 Å². The first-order valence-electron chi connectivity index (χ1n) is 23.2. The van der Waals surface area contributed by atoms with Gasteiger partial charge in [0.1, 0.15) is 36.7 Å². The fourth-order valence-electron chi connectivity index (χ4n) is 9.33. The topological polar surface area (TPSA) is 259 Å². The van der Waals surface area contributed by atoms with Gasteiger partial charge in [-0.1, -0.05) is 57.2 Å². The number of phenolic OH excluding ortho intramolecular Hbond substituents is 1. The zero-order chi connectivity index (χ0) is 49.2. The molecule has 3 heterocycles. The number of hydrogen-bond donors (Lipinski definition) is 6. The molecule has 20 heteroatoms. The van der Waals surface area contributed by atoms with Crippen LogP contribution in [0, 0.1) is 23.2 Å². The number of carbonyl (C=O) groups is 4. The summed E-state index contributed by atoms with van der Waals surface area (Å²) in [4.78, 5) is 59.4. The lowest BCUT2D eigenvalue weighted by atomic mass is 9.35. The van der Waals surface area contributed by atoms with E-state index in [2.05, 4.69) is 31.1 Å². The molecular formula is C49H64N8O11S. The van der Waals surface area contributed by atoms with Crippen LogP contribution >= 0.6 is 11.3 Å². The van der Waals surface area contributed by atoms with Crippen molar-refractivity contribution >= 4 is 40.8 Å². The number of benzene rings is 2. The highest BCUT2D eigenvalue weighted by Crippen LogP contribution is 2.73. The molecule has 4 fully saturated rings. The zero-order valence-corrected chi connectivity index (χ0v) is 40.5. The van der Waals surface area contributed by atoms with E-state index in [1.165, 1.54) is 4.90 Å². The molecule has 4 amide bonds. The van der Waals surface area contributed by atoms with Gasteiger partial charge < -0.3 is 60.5 Å². The predicted octanol–water partition coefficient (Wildman–Crippen LogP) is 3.40. The number of carbonyl (C=O) groups excluding carboxylic acids is 4. The number of nitrogens with one attached hydrogen (secondary N) is 3. The Morgan fingerprint density at radius 3 is 2.17 bits per heavy atom. The molecule has 3 saturated carbocycles. The fraction of sp³-hybridized carbons (Fsp3) is 0.531. The van der Waals surface area contributed by atoms with Gasteiger partial charge in [-0.2, -0.15) is 0 Å². The Hall–Kier alpha value is -5.77. The van der Waals surface area contributed by atoms with Crippen molar-refractivity contribution in [3.8, 4) is 33.2 Å². The second kappa shape index (κ2) is 22.8. The van der Waals surface area contributed by atoms with Crippen molar-refractivity contribution in [3.63, 3.8) is 0 Å². The van der Waals surface area contributed by atoms with E-state index in [4.69, 9.17) is 29.4 Å². The predicted molar refractivity (Wildman–Crippen MR) is 256 cm³/mol. The van der Waals surface area contributed by atoms with Gasteiger partial charge in [-0.25, -0.2) is 4.98 Å². The monoisotopic (exact) mass is 972 g/mol. The summed E-state index contributed by atoms with van der Waals surface area (Å²) in [5.74, 6) is -0.820. The first kappa shape index (κ1) is 51.1. The summed E-state index contributed by atoms with van der Waals surface area (Å²) in [5, 5.41) is 37.5. The molecule has 69 heavy (non-hydrogen) atoms. The van der Waals surface area contributed by atoms with Crippen LogP contribution in [0.3, 0.4) is 0 Å². The van der Waals surface area contributed by atoms with Crippen molar-refractivity contribution in [1.82, 2.24) is 36.0 Å². The van der Waals surface area contributed by atoms with Gasteiger partial charge in [0.25, 0.3) is 0 Å². The van der Waals surface area contributed by atoms with Crippen molar-refractivity contribution in [2.45, 2.75) is 78.1 Å². The SMILES string of the molecule is Cc1ncsc1-c1ccc(CNC(=O)[C@@H]2C[C@@H](O)CN2C(=O)[C@@H](NC(=O)COCCOCCOCCOCC(=O)NCC23CC(COc4cc(-c5ccccc5O)nnc4N)(C2)C3)C(C)(C)C)cc1. The summed E-state index contributed by atoms with van der Waals surface area (Å²) in [7, 11) is 0. The van der Waals surface area contributed by atoms with Gasteiger partial charge in [-0.15, -0.1) is 21.5 Å². The third kappa shape index (κ3) is 13.3. The number of likely N-dealkylation sites (tertiary alicyclic amines) is 1. The molecule has 0 unspecified atom stereocenters. The number of aliphatic hydroxyl groups is 1. The molecule has 2 bridgehead atoms. The highest BCUT2D eigenvalue weighted by molar-refractivity contribution is 7.13. The molecule has 2 aromatic heterocycles. The van der Waals surface area contributed by atoms with Crippen molar-refractivity contribution in [2.24, 2.45) is 16.2 Å². The first-order chi connectivity index (χ1) is 33.0. The number of aromatic nitrogens is 3.